The lowest BCUT2D eigenvalue weighted by atomic mass is 10.2. The number of morpholine rings is 2. The Morgan fingerprint density at radius 1 is 1.18 bits per heavy atom. The van der Waals surface area contributed by atoms with Crippen molar-refractivity contribution in [3.05, 3.63) is 0 Å². The van der Waals surface area contributed by atoms with Gasteiger partial charge in [0.1, 0.15) is 0 Å². The van der Waals surface area contributed by atoms with E-state index in [-0.39, 0.29) is 18.1 Å². The average Bonchev–Trinajstić information content (AvgIpc) is 2.28. The van der Waals surface area contributed by atoms with Crippen LogP contribution in [0, 0.1) is 0 Å². The molecule has 0 aromatic rings. The Balaban J connectivity index is 1.80. The van der Waals surface area contributed by atoms with E-state index in [4.69, 9.17) is 9.47 Å². The lowest BCUT2D eigenvalue weighted by Gasteiger charge is -2.36. The van der Waals surface area contributed by atoms with Gasteiger partial charge in [-0.3, -0.25) is 9.69 Å². The molecule has 98 valence electrons. The molecule has 2 unspecified atom stereocenters. The van der Waals surface area contributed by atoms with E-state index >= 15 is 0 Å². The molecular formula is C12H22N2O3. The lowest BCUT2D eigenvalue weighted by Crippen LogP contribution is -2.51. The van der Waals surface area contributed by atoms with Gasteiger partial charge in [0.15, 0.2) is 0 Å². The summed E-state index contributed by atoms with van der Waals surface area (Å²) in [5, 5.41) is 0. The maximum absolute atomic E-state index is 12.1. The SMILES string of the molecule is CC1CN(CC(=O)N2CCOCC2)CC(C)O1. The van der Waals surface area contributed by atoms with Gasteiger partial charge in [-0.25, -0.2) is 0 Å². The summed E-state index contributed by atoms with van der Waals surface area (Å²) in [5.74, 6) is 0.217. The van der Waals surface area contributed by atoms with Crippen LogP contribution in [0.2, 0.25) is 0 Å². The fourth-order valence-electron chi connectivity index (χ4n) is 2.52. The molecule has 2 atom stereocenters. The highest BCUT2D eigenvalue weighted by atomic mass is 16.5. The summed E-state index contributed by atoms with van der Waals surface area (Å²) in [7, 11) is 0. The smallest absolute Gasteiger partial charge is 0.236 e. The van der Waals surface area contributed by atoms with E-state index < -0.39 is 0 Å². The van der Waals surface area contributed by atoms with Crippen molar-refractivity contribution in [1.82, 2.24) is 9.80 Å². The van der Waals surface area contributed by atoms with Crippen LogP contribution in [0.15, 0.2) is 0 Å². The van der Waals surface area contributed by atoms with Gasteiger partial charge in [-0.1, -0.05) is 0 Å². The highest BCUT2D eigenvalue weighted by molar-refractivity contribution is 5.78. The van der Waals surface area contributed by atoms with Gasteiger partial charge < -0.3 is 14.4 Å². The second kappa shape index (κ2) is 5.80. The number of carbonyl (C=O) groups is 1. The zero-order valence-corrected chi connectivity index (χ0v) is 10.7. The van der Waals surface area contributed by atoms with Crippen LogP contribution in [-0.4, -0.2) is 73.9 Å². The molecule has 0 aromatic heterocycles. The summed E-state index contributed by atoms with van der Waals surface area (Å²) in [4.78, 5) is 16.2. The maximum atomic E-state index is 12.1. The van der Waals surface area contributed by atoms with E-state index in [0.29, 0.717) is 19.8 Å². The van der Waals surface area contributed by atoms with Gasteiger partial charge in [-0.15, -0.1) is 0 Å². The summed E-state index contributed by atoms with van der Waals surface area (Å²) < 4.78 is 10.9. The van der Waals surface area contributed by atoms with Crippen LogP contribution in [0.3, 0.4) is 0 Å². The molecule has 2 fully saturated rings. The normalized spacial score (nSPS) is 31.5. The first-order valence-electron chi connectivity index (χ1n) is 6.38. The van der Waals surface area contributed by atoms with Crippen LogP contribution >= 0.6 is 0 Å². The van der Waals surface area contributed by atoms with E-state index in [1.807, 2.05) is 4.90 Å². The van der Waals surface area contributed by atoms with E-state index in [9.17, 15) is 4.79 Å². The number of ether oxygens (including phenoxy) is 2. The summed E-state index contributed by atoms with van der Waals surface area (Å²) in [6.45, 7) is 9.12. The maximum Gasteiger partial charge on any atom is 0.236 e. The summed E-state index contributed by atoms with van der Waals surface area (Å²) in [5.41, 5.74) is 0. The molecule has 2 aliphatic heterocycles. The highest BCUT2D eigenvalue weighted by Crippen LogP contribution is 2.11. The van der Waals surface area contributed by atoms with Crippen molar-refractivity contribution in [3.8, 4) is 0 Å². The molecule has 0 spiro atoms. The van der Waals surface area contributed by atoms with Gasteiger partial charge in [0.25, 0.3) is 0 Å². The van der Waals surface area contributed by atoms with Crippen molar-refractivity contribution in [3.63, 3.8) is 0 Å². The fraction of sp³-hybridized carbons (Fsp3) is 0.917. The van der Waals surface area contributed by atoms with E-state index in [2.05, 4.69) is 18.7 Å². The Morgan fingerprint density at radius 3 is 2.35 bits per heavy atom. The number of nitrogens with zero attached hydrogens (tertiary/aromatic N) is 2. The Labute approximate surface area is 103 Å². The summed E-state index contributed by atoms with van der Waals surface area (Å²) in [6.07, 6.45) is 0.437. The molecule has 5 heteroatoms. The minimum atomic E-state index is 0.217. The van der Waals surface area contributed by atoms with Crippen LogP contribution in [0.1, 0.15) is 13.8 Å². The molecule has 0 bridgehead atoms. The predicted molar refractivity (Wildman–Crippen MR) is 63.8 cm³/mol. The number of amides is 1. The number of hydrogen-bond acceptors (Lipinski definition) is 4. The van der Waals surface area contributed by atoms with Crippen LogP contribution in [0.5, 0.6) is 0 Å². The first-order chi connectivity index (χ1) is 8.15. The largest absolute Gasteiger partial charge is 0.378 e. The van der Waals surface area contributed by atoms with Crippen molar-refractivity contribution in [2.24, 2.45) is 0 Å². The van der Waals surface area contributed by atoms with Crippen LogP contribution < -0.4 is 0 Å². The molecule has 0 N–H and O–H groups in total. The zero-order valence-electron chi connectivity index (χ0n) is 10.7. The van der Waals surface area contributed by atoms with Crippen LogP contribution in [0.4, 0.5) is 0 Å². The van der Waals surface area contributed by atoms with Crippen LogP contribution in [-0.2, 0) is 14.3 Å². The Hall–Kier alpha value is -0.650. The van der Waals surface area contributed by atoms with E-state index in [0.717, 1.165) is 26.2 Å². The monoisotopic (exact) mass is 242 g/mol. The second-order valence-corrected chi connectivity index (χ2v) is 4.94. The molecule has 1 amide bonds. The molecule has 2 aliphatic rings. The molecular weight excluding hydrogens is 220 g/mol. The van der Waals surface area contributed by atoms with Gasteiger partial charge in [0, 0.05) is 26.2 Å². The molecule has 0 aromatic carbocycles. The van der Waals surface area contributed by atoms with Crippen molar-refractivity contribution < 1.29 is 14.3 Å². The fourth-order valence-corrected chi connectivity index (χ4v) is 2.52. The van der Waals surface area contributed by atoms with Crippen molar-refractivity contribution in [2.75, 3.05) is 45.9 Å². The molecule has 2 rings (SSSR count). The molecule has 2 heterocycles. The third-order valence-electron chi connectivity index (χ3n) is 3.22. The van der Waals surface area contributed by atoms with Gasteiger partial charge in [-0.05, 0) is 13.8 Å². The summed E-state index contributed by atoms with van der Waals surface area (Å²) >= 11 is 0. The first kappa shape index (κ1) is 12.8. The topological polar surface area (TPSA) is 42.0 Å². The number of hydrogen-bond donors (Lipinski definition) is 0. The second-order valence-electron chi connectivity index (χ2n) is 4.94. The van der Waals surface area contributed by atoms with Gasteiger partial charge in [0.05, 0.1) is 32.0 Å². The predicted octanol–water partition coefficient (Wildman–Crippen LogP) is -0.0456. The molecule has 5 nitrogen and oxygen atoms in total. The van der Waals surface area contributed by atoms with Crippen molar-refractivity contribution >= 4 is 5.91 Å². The minimum Gasteiger partial charge on any atom is -0.378 e. The highest BCUT2D eigenvalue weighted by Gasteiger charge is 2.26. The first-order valence-corrected chi connectivity index (χ1v) is 6.38. The summed E-state index contributed by atoms with van der Waals surface area (Å²) in [6, 6.07) is 0. The van der Waals surface area contributed by atoms with Gasteiger partial charge in [0.2, 0.25) is 5.91 Å². The van der Waals surface area contributed by atoms with Gasteiger partial charge >= 0.3 is 0 Å². The van der Waals surface area contributed by atoms with Crippen LogP contribution in [0.25, 0.3) is 0 Å². The average molecular weight is 242 g/mol. The Morgan fingerprint density at radius 2 is 1.76 bits per heavy atom. The van der Waals surface area contributed by atoms with E-state index in [1.54, 1.807) is 0 Å². The third-order valence-corrected chi connectivity index (χ3v) is 3.22. The number of rotatable bonds is 2. The third kappa shape index (κ3) is 3.66. The molecule has 17 heavy (non-hydrogen) atoms. The van der Waals surface area contributed by atoms with Gasteiger partial charge in [-0.2, -0.15) is 0 Å². The molecule has 0 radical (unpaired) electrons. The molecule has 0 saturated carbocycles. The Kier molecular flexibility index (Phi) is 4.36. The standard InChI is InChI=1S/C12H22N2O3/c1-10-7-13(8-11(2)17-10)9-12(15)14-3-5-16-6-4-14/h10-11H,3-9H2,1-2H3. The Bertz CT molecular complexity index is 256. The van der Waals surface area contributed by atoms with Crippen molar-refractivity contribution in [1.29, 1.82) is 0 Å². The van der Waals surface area contributed by atoms with Crippen molar-refractivity contribution in [2.45, 2.75) is 26.1 Å². The molecule has 0 aliphatic carbocycles. The quantitative estimate of drug-likeness (QED) is 0.681. The van der Waals surface area contributed by atoms with E-state index in [1.165, 1.54) is 0 Å². The molecule has 2 saturated heterocycles. The zero-order chi connectivity index (χ0) is 12.3. The minimum absolute atomic E-state index is 0.217. The lowest BCUT2D eigenvalue weighted by molar-refractivity contribution is -0.139. The number of carbonyl (C=O) groups excluding carboxylic acids is 1.